The van der Waals surface area contributed by atoms with E-state index in [2.05, 4.69) is 5.32 Å². The van der Waals surface area contributed by atoms with Crippen molar-refractivity contribution in [3.63, 3.8) is 0 Å². The first-order valence-corrected chi connectivity index (χ1v) is 7.73. The number of amides is 2. The van der Waals surface area contributed by atoms with Crippen LogP contribution in [0.2, 0.25) is 5.02 Å². The molecule has 5 nitrogen and oxygen atoms in total. The molecule has 24 heavy (non-hydrogen) atoms. The van der Waals surface area contributed by atoms with Crippen molar-refractivity contribution in [3.8, 4) is 5.75 Å². The van der Waals surface area contributed by atoms with E-state index in [9.17, 15) is 9.59 Å². The largest absolute Gasteiger partial charge is 0.478 e. The highest BCUT2D eigenvalue weighted by Crippen LogP contribution is 2.23. The Hall–Kier alpha value is -2.53. The topological polar surface area (TPSA) is 81.4 Å². The molecule has 0 unspecified atom stereocenters. The van der Waals surface area contributed by atoms with E-state index in [-0.39, 0.29) is 5.91 Å². The number of benzene rings is 2. The van der Waals surface area contributed by atoms with E-state index >= 15 is 0 Å². The summed E-state index contributed by atoms with van der Waals surface area (Å²) >= 11 is 5.84. The van der Waals surface area contributed by atoms with Crippen LogP contribution in [-0.4, -0.2) is 17.4 Å². The predicted octanol–water partition coefficient (Wildman–Crippen LogP) is 3.54. The summed E-state index contributed by atoms with van der Waals surface area (Å²) in [5.74, 6) is -0.369. The van der Waals surface area contributed by atoms with Gasteiger partial charge in [0.25, 0.3) is 5.91 Å². The van der Waals surface area contributed by atoms with E-state index < -0.39 is 11.5 Å². The monoisotopic (exact) mass is 346 g/mol. The first-order chi connectivity index (χ1) is 11.2. The maximum atomic E-state index is 12.6. The average molecular weight is 347 g/mol. The summed E-state index contributed by atoms with van der Waals surface area (Å²) in [5, 5.41) is 3.37. The lowest BCUT2D eigenvalue weighted by atomic mass is 10.1. The van der Waals surface area contributed by atoms with Crippen LogP contribution in [0, 0.1) is 6.92 Å². The summed E-state index contributed by atoms with van der Waals surface area (Å²) in [6.07, 6.45) is 0. The molecule has 0 aromatic heterocycles. The molecule has 0 saturated carbocycles. The zero-order valence-electron chi connectivity index (χ0n) is 13.7. The van der Waals surface area contributed by atoms with Crippen molar-refractivity contribution in [3.05, 3.63) is 58.6 Å². The molecule has 0 atom stereocenters. The van der Waals surface area contributed by atoms with Crippen molar-refractivity contribution in [2.45, 2.75) is 26.4 Å². The Bertz CT molecular complexity index is 770. The van der Waals surface area contributed by atoms with Crippen molar-refractivity contribution in [1.82, 2.24) is 0 Å². The maximum absolute atomic E-state index is 12.6. The number of carbonyl (C=O) groups excluding carboxylic acids is 2. The molecule has 0 heterocycles. The summed E-state index contributed by atoms with van der Waals surface area (Å²) < 4.78 is 5.75. The highest BCUT2D eigenvalue weighted by Gasteiger charge is 2.30. The fourth-order valence-electron chi connectivity index (χ4n) is 2.03. The summed E-state index contributed by atoms with van der Waals surface area (Å²) in [6, 6.07) is 11.6. The van der Waals surface area contributed by atoms with Gasteiger partial charge < -0.3 is 15.8 Å². The standard InChI is InChI=1S/C18H19ClN2O3/c1-11-4-5-12(16(20)22)10-15(11)21-17(23)18(2,3)24-14-8-6-13(19)7-9-14/h4-10H,1-3H3,(H2,20,22)(H,21,23). The molecular weight excluding hydrogens is 328 g/mol. The Balaban J connectivity index is 2.17. The van der Waals surface area contributed by atoms with Gasteiger partial charge in [-0.3, -0.25) is 9.59 Å². The van der Waals surface area contributed by atoms with Gasteiger partial charge in [0.1, 0.15) is 5.75 Å². The van der Waals surface area contributed by atoms with Crippen molar-refractivity contribution in [2.24, 2.45) is 5.73 Å². The van der Waals surface area contributed by atoms with Crippen molar-refractivity contribution < 1.29 is 14.3 Å². The van der Waals surface area contributed by atoms with E-state index in [0.717, 1.165) is 5.56 Å². The van der Waals surface area contributed by atoms with Crippen LogP contribution in [-0.2, 0) is 4.79 Å². The van der Waals surface area contributed by atoms with E-state index in [1.807, 2.05) is 6.92 Å². The van der Waals surface area contributed by atoms with Gasteiger partial charge in [0.2, 0.25) is 5.91 Å². The van der Waals surface area contributed by atoms with Crippen molar-refractivity contribution >= 4 is 29.1 Å². The highest BCUT2D eigenvalue weighted by molar-refractivity contribution is 6.30. The summed E-state index contributed by atoms with van der Waals surface area (Å²) in [7, 11) is 0. The number of nitrogens with two attached hydrogens (primary N) is 1. The smallest absolute Gasteiger partial charge is 0.267 e. The molecule has 0 aliphatic carbocycles. The second kappa shape index (κ2) is 6.93. The van der Waals surface area contributed by atoms with Gasteiger partial charge in [-0.05, 0) is 62.7 Å². The molecule has 0 saturated heterocycles. The lowest BCUT2D eigenvalue weighted by Crippen LogP contribution is -2.42. The van der Waals surface area contributed by atoms with Gasteiger partial charge in [0.05, 0.1) is 0 Å². The van der Waals surface area contributed by atoms with E-state index in [0.29, 0.717) is 22.0 Å². The number of hydrogen-bond donors (Lipinski definition) is 2. The van der Waals surface area contributed by atoms with Gasteiger partial charge in [-0.15, -0.1) is 0 Å². The highest BCUT2D eigenvalue weighted by atomic mass is 35.5. The third kappa shape index (κ3) is 4.26. The second-order valence-electron chi connectivity index (χ2n) is 5.91. The molecule has 0 fully saturated rings. The predicted molar refractivity (Wildman–Crippen MR) is 94.5 cm³/mol. The Kier molecular flexibility index (Phi) is 5.14. The zero-order chi connectivity index (χ0) is 17.9. The number of carbonyl (C=O) groups is 2. The van der Waals surface area contributed by atoms with Gasteiger partial charge >= 0.3 is 0 Å². The van der Waals surface area contributed by atoms with Crippen LogP contribution in [0.5, 0.6) is 5.75 Å². The van der Waals surface area contributed by atoms with Gasteiger partial charge in [0.15, 0.2) is 5.60 Å². The Morgan fingerprint density at radius 3 is 2.33 bits per heavy atom. The van der Waals surface area contributed by atoms with Gasteiger partial charge in [-0.1, -0.05) is 17.7 Å². The Morgan fingerprint density at radius 1 is 1.12 bits per heavy atom. The lowest BCUT2D eigenvalue weighted by molar-refractivity contribution is -0.128. The Morgan fingerprint density at radius 2 is 1.75 bits per heavy atom. The summed E-state index contributed by atoms with van der Waals surface area (Å²) in [5.41, 5.74) is 5.81. The Labute approximate surface area is 145 Å². The summed E-state index contributed by atoms with van der Waals surface area (Å²) in [6.45, 7) is 5.14. The fraction of sp³-hybridized carbons (Fsp3) is 0.222. The second-order valence-corrected chi connectivity index (χ2v) is 6.35. The van der Waals surface area contributed by atoms with E-state index in [1.165, 1.54) is 0 Å². The third-order valence-electron chi connectivity index (χ3n) is 3.50. The van der Waals surface area contributed by atoms with Crippen LogP contribution in [0.1, 0.15) is 29.8 Å². The molecule has 0 aliphatic rings. The molecule has 3 N–H and O–H groups in total. The molecule has 2 amide bonds. The molecule has 6 heteroatoms. The summed E-state index contributed by atoms with van der Waals surface area (Å²) in [4.78, 5) is 23.9. The number of rotatable bonds is 5. The molecule has 126 valence electrons. The molecule has 2 aromatic rings. The first-order valence-electron chi connectivity index (χ1n) is 7.35. The maximum Gasteiger partial charge on any atom is 0.267 e. The van der Waals surface area contributed by atoms with Crippen LogP contribution in [0.15, 0.2) is 42.5 Å². The number of nitrogens with one attached hydrogen (secondary N) is 1. The molecule has 0 radical (unpaired) electrons. The number of anilines is 1. The van der Waals surface area contributed by atoms with Crippen molar-refractivity contribution in [2.75, 3.05) is 5.32 Å². The van der Waals surface area contributed by atoms with Crippen LogP contribution in [0.25, 0.3) is 0 Å². The fourth-order valence-corrected chi connectivity index (χ4v) is 2.15. The van der Waals surface area contributed by atoms with Crippen LogP contribution < -0.4 is 15.8 Å². The van der Waals surface area contributed by atoms with Crippen LogP contribution in [0.3, 0.4) is 0 Å². The molecule has 0 bridgehead atoms. The van der Waals surface area contributed by atoms with Crippen LogP contribution >= 0.6 is 11.6 Å². The van der Waals surface area contributed by atoms with Crippen LogP contribution in [0.4, 0.5) is 5.69 Å². The van der Waals surface area contributed by atoms with E-state index in [1.54, 1.807) is 56.3 Å². The van der Waals surface area contributed by atoms with Gasteiger partial charge in [0, 0.05) is 16.3 Å². The first kappa shape index (κ1) is 17.8. The average Bonchev–Trinajstić information content (AvgIpc) is 2.51. The van der Waals surface area contributed by atoms with Gasteiger partial charge in [-0.25, -0.2) is 0 Å². The van der Waals surface area contributed by atoms with E-state index in [4.69, 9.17) is 22.1 Å². The number of halogens is 1. The molecular formula is C18H19ClN2O3. The zero-order valence-corrected chi connectivity index (χ0v) is 14.5. The minimum absolute atomic E-state index is 0.326. The normalized spacial score (nSPS) is 11.0. The number of primary amides is 1. The lowest BCUT2D eigenvalue weighted by Gasteiger charge is -2.26. The number of aryl methyl sites for hydroxylation is 1. The minimum Gasteiger partial charge on any atom is -0.478 e. The SMILES string of the molecule is Cc1ccc(C(N)=O)cc1NC(=O)C(C)(C)Oc1ccc(Cl)cc1. The minimum atomic E-state index is -1.12. The van der Waals surface area contributed by atoms with Crippen molar-refractivity contribution in [1.29, 1.82) is 0 Å². The number of hydrogen-bond acceptors (Lipinski definition) is 3. The quantitative estimate of drug-likeness (QED) is 0.868. The van der Waals surface area contributed by atoms with Gasteiger partial charge in [-0.2, -0.15) is 0 Å². The molecule has 2 aromatic carbocycles. The molecule has 2 rings (SSSR count). The third-order valence-corrected chi connectivity index (χ3v) is 3.76. The molecule has 0 spiro atoms. The number of ether oxygens (including phenoxy) is 1. The molecule has 0 aliphatic heterocycles.